The molecule has 2 heterocycles. The average molecular weight is 300 g/mol. The number of hydrogen-bond donors (Lipinski definition) is 1. The van der Waals surface area contributed by atoms with Gasteiger partial charge < -0.3 is 14.9 Å². The van der Waals surface area contributed by atoms with Crippen molar-refractivity contribution >= 4 is 17.2 Å². The molecule has 21 heavy (non-hydrogen) atoms. The highest BCUT2D eigenvalue weighted by Gasteiger charge is 2.27. The standard InChI is InChI=1S/C15H12N2O3S/c1-19-15-10(9-5-3-2-4-6-9)11(12(20-15)13(16)18)14-17-7-8-21-14/h2-8H,1H3,(H2,16,18). The second kappa shape index (κ2) is 5.41. The van der Waals surface area contributed by atoms with E-state index in [0.717, 1.165) is 5.56 Å². The molecule has 5 nitrogen and oxygen atoms in total. The molecule has 1 amide bonds. The summed E-state index contributed by atoms with van der Waals surface area (Å²) in [5.41, 5.74) is 7.55. The van der Waals surface area contributed by atoms with Crippen molar-refractivity contribution in [2.45, 2.75) is 0 Å². The van der Waals surface area contributed by atoms with Crippen molar-refractivity contribution in [1.29, 1.82) is 0 Å². The maximum atomic E-state index is 11.7. The van der Waals surface area contributed by atoms with Gasteiger partial charge >= 0.3 is 0 Å². The molecular formula is C15H12N2O3S. The first kappa shape index (κ1) is 13.4. The number of furan rings is 1. The fraction of sp³-hybridized carbons (Fsp3) is 0.0667. The van der Waals surface area contributed by atoms with Gasteiger partial charge in [0.15, 0.2) is 0 Å². The molecule has 106 valence electrons. The number of hydrogen-bond acceptors (Lipinski definition) is 5. The lowest BCUT2D eigenvalue weighted by Gasteiger charge is -2.03. The topological polar surface area (TPSA) is 78.4 Å². The van der Waals surface area contributed by atoms with Gasteiger partial charge in [-0.3, -0.25) is 4.79 Å². The van der Waals surface area contributed by atoms with E-state index in [1.54, 1.807) is 6.20 Å². The summed E-state index contributed by atoms with van der Waals surface area (Å²) in [7, 11) is 1.49. The summed E-state index contributed by atoms with van der Waals surface area (Å²) in [6.07, 6.45) is 1.67. The Labute approximate surface area is 125 Å². The van der Waals surface area contributed by atoms with Gasteiger partial charge in [0, 0.05) is 11.6 Å². The fourth-order valence-corrected chi connectivity index (χ4v) is 2.83. The van der Waals surface area contributed by atoms with Crippen LogP contribution in [0.3, 0.4) is 0 Å². The molecule has 0 saturated heterocycles. The quantitative estimate of drug-likeness (QED) is 0.802. The monoisotopic (exact) mass is 300 g/mol. The highest BCUT2D eigenvalue weighted by atomic mass is 32.1. The number of methoxy groups -OCH3 is 1. The maximum Gasteiger partial charge on any atom is 0.293 e. The molecule has 0 aliphatic carbocycles. The first-order valence-corrected chi connectivity index (χ1v) is 7.06. The summed E-state index contributed by atoms with van der Waals surface area (Å²) in [6.45, 7) is 0. The van der Waals surface area contributed by atoms with Crippen LogP contribution in [0.4, 0.5) is 0 Å². The molecule has 0 aliphatic rings. The average Bonchev–Trinajstić information content (AvgIpc) is 3.14. The third-order valence-electron chi connectivity index (χ3n) is 2.99. The Morgan fingerprint density at radius 1 is 1.29 bits per heavy atom. The predicted molar refractivity (Wildman–Crippen MR) is 80.3 cm³/mol. The summed E-state index contributed by atoms with van der Waals surface area (Å²) >= 11 is 1.41. The molecule has 0 unspecified atom stereocenters. The smallest absolute Gasteiger partial charge is 0.293 e. The maximum absolute atomic E-state index is 11.7. The van der Waals surface area contributed by atoms with E-state index in [1.807, 2.05) is 35.7 Å². The summed E-state index contributed by atoms with van der Waals surface area (Å²) in [4.78, 5) is 15.9. The first-order chi connectivity index (χ1) is 10.2. The van der Waals surface area contributed by atoms with Crippen LogP contribution >= 0.6 is 11.3 Å². The van der Waals surface area contributed by atoms with Crippen molar-refractivity contribution in [3.05, 3.63) is 47.7 Å². The van der Waals surface area contributed by atoms with Crippen molar-refractivity contribution in [3.63, 3.8) is 0 Å². The lowest BCUT2D eigenvalue weighted by atomic mass is 10.0. The Morgan fingerprint density at radius 2 is 2.05 bits per heavy atom. The van der Waals surface area contributed by atoms with Crippen LogP contribution < -0.4 is 10.5 Å². The SMILES string of the molecule is COc1oc(C(N)=O)c(-c2nccs2)c1-c1ccccc1. The second-order valence-corrected chi connectivity index (χ2v) is 5.13. The summed E-state index contributed by atoms with van der Waals surface area (Å²) < 4.78 is 10.8. The molecule has 2 N–H and O–H groups in total. The van der Waals surface area contributed by atoms with E-state index in [9.17, 15) is 4.79 Å². The van der Waals surface area contributed by atoms with E-state index in [4.69, 9.17) is 14.9 Å². The molecule has 3 rings (SSSR count). The Morgan fingerprint density at radius 3 is 2.62 bits per heavy atom. The second-order valence-electron chi connectivity index (χ2n) is 4.24. The molecule has 0 aliphatic heterocycles. The largest absolute Gasteiger partial charge is 0.468 e. The summed E-state index contributed by atoms with van der Waals surface area (Å²) in [6, 6.07) is 9.54. The normalized spacial score (nSPS) is 10.5. The minimum absolute atomic E-state index is 0.0562. The van der Waals surface area contributed by atoms with Gasteiger partial charge in [0.05, 0.1) is 18.2 Å². The number of primary amides is 1. The van der Waals surface area contributed by atoms with Gasteiger partial charge in [-0.05, 0) is 5.56 Å². The molecular weight excluding hydrogens is 288 g/mol. The van der Waals surface area contributed by atoms with E-state index >= 15 is 0 Å². The van der Waals surface area contributed by atoms with Crippen LogP contribution in [0.2, 0.25) is 0 Å². The zero-order chi connectivity index (χ0) is 14.8. The Bertz CT molecular complexity index is 764. The van der Waals surface area contributed by atoms with E-state index < -0.39 is 5.91 Å². The minimum Gasteiger partial charge on any atom is -0.468 e. The molecule has 6 heteroatoms. The van der Waals surface area contributed by atoms with Gasteiger partial charge in [-0.15, -0.1) is 11.3 Å². The Kier molecular flexibility index (Phi) is 3.45. The number of nitrogens with zero attached hydrogens (tertiary/aromatic N) is 1. The highest BCUT2D eigenvalue weighted by Crippen LogP contribution is 2.44. The molecule has 0 fully saturated rings. The number of amides is 1. The van der Waals surface area contributed by atoms with Crippen LogP contribution in [0.15, 0.2) is 46.3 Å². The molecule has 1 aromatic carbocycles. The summed E-state index contributed by atoms with van der Waals surface area (Å²) in [5, 5.41) is 2.49. The Balaban J connectivity index is 2.34. The van der Waals surface area contributed by atoms with E-state index in [0.29, 0.717) is 16.1 Å². The predicted octanol–water partition coefficient (Wildman–Crippen LogP) is 3.18. The van der Waals surface area contributed by atoms with Gasteiger partial charge in [0.25, 0.3) is 11.9 Å². The zero-order valence-corrected chi connectivity index (χ0v) is 12.0. The fourth-order valence-electron chi connectivity index (χ4n) is 2.15. The van der Waals surface area contributed by atoms with Crippen LogP contribution in [-0.4, -0.2) is 18.0 Å². The number of thiazole rings is 1. The minimum atomic E-state index is -0.652. The van der Waals surface area contributed by atoms with Gasteiger partial charge in [-0.2, -0.15) is 0 Å². The van der Waals surface area contributed by atoms with Gasteiger partial charge in [0.2, 0.25) is 5.76 Å². The number of carbonyl (C=O) groups excluding carboxylic acids is 1. The van der Waals surface area contributed by atoms with Gasteiger partial charge in [-0.1, -0.05) is 30.3 Å². The van der Waals surface area contributed by atoms with Crippen molar-refractivity contribution in [2.75, 3.05) is 7.11 Å². The molecule has 0 bridgehead atoms. The molecule has 0 atom stereocenters. The molecule has 0 spiro atoms. The van der Waals surface area contributed by atoms with Crippen LogP contribution in [0.5, 0.6) is 5.95 Å². The van der Waals surface area contributed by atoms with Crippen molar-refractivity contribution in [3.8, 4) is 27.6 Å². The molecule has 0 saturated carbocycles. The van der Waals surface area contributed by atoms with Crippen LogP contribution in [-0.2, 0) is 0 Å². The van der Waals surface area contributed by atoms with Crippen molar-refractivity contribution in [1.82, 2.24) is 4.98 Å². The third kappa shape index (κ3) is 2.30. The lowest BCUT2D eigenvalue weighted by molar-refractivity contribution is 0.0968. The number of ether oxygens (including phenoxy) is 1. The van der Waals surface area contributed by atoms with Gasteiger partial charge in [-0.25, -0.2) is 4.98 Å². The van der Waals surface area contributed by atoms with Crippen molar-refractivity contribution < 1.29 is 13.9 Å². The molecule has 0 radical (unpaired) electrons. The number of carbonyl (C=O) groups is 1. The number of aromatic nitrogens is 1. The Hall–Kier alpha value is -2.60. The van der Waals surface area contributed by atoms with Crippen LogP contribution in [0.1, 0.15) is 10.6 Å². The van der Waals surface area contributed by atoms with Crippen LogP contribution in [0.25, 0.3) is 21.7 Å². The van der Waals surface area contributed by atoms with E-state index in [1.165, 1.54) is 18.4 Å². The van der Waals surface area contributed by atoms with Crippen LogP contribution in [0, 0.1) is 0 Å². The first-order valence-electron chi connectivity index (χ1n) is 6.18. The lowest BCUT2D eigenvalue weighted by Crippen LogP contribution is -2.10. The third-order valence-corrected chi connectivity index (χ3v) is 3.78. The number of nitrogens with two attached hydrogens (primary N) is 1. The molecule has 2 aromatic heterocycles. The van der Waals surface area contributed by atoms with Crippen molar-refractivity contribution in [2.24, 2.45) is 5.73 Å². The van der Waals surface area contributed by atoms with E-state index in [-0.39, 0.29) is 11.7 Å². The van der Waals surface area contributed by atoms with Gasteiger partial charge in [0.1, 0.15) is 5.01 Å². The summed E-state index contributed by atoms with van der Waals surface area (Å²) in [5.74, 6) is -0.346. The molecule has 3 aromatic rings. The highest BCUT2D eigenvalue weighted by molar-refractivity contribution is 7.13. The number of benzene rings is 1. The number of rotatable bonds is 4. The zero-order valence-electron chi connectivity index (χ0n) is 11.2. The van der Waals surface area contributed by atoms with E-state index in [2.05, 4.69) is 4.98 Å².